The third kappa shape index (κ3) is 4.53. The molecule has 1 aromatic heterocycles. The number of nitrogens with zero attached hydrogens (tertiary/aromatic N) is 7. The first-order valence-electron chi connectivity index (χ1n) is 11.7. The number of hydrogen-bond acceptors (Lipinski definition) is 6. The van der Waals surface area contributed by atoms with Crippen molar-refractivity contribution in [3.63, 3.8) is 0 Å². The predicted octanol–water partition coefficient (Wildman–Crippen LogP) is 2.26. The highest BCUT2D eigenvalue weighted by Crippen LogP contribution is 2.33. The Morgan fingerprint density at radius 1 is 1.23 bits per heavy atom. The first-order chi connectivity index (χ1) is 16.9. The van der Waals surface area contributed by atoms with Gasteiger partial charge in [-0.3, -0.25) is 14.5 Å². The van der Waals surface area contributed by atoms with Gasteiger partial charge in [0.25, 0.3) is 0 Å². The van der Waals surface area contributed by atoms with Gasteiger partial charge in [0, 0.05) is 44.5 Å². The molecule has 9 nitrogen and oxygen atoms in total. The molecule has 178 valence electrons. The zero-order valence-electron chi connectivity index (χ0n) is 19.9. The lowest BCUT2D eigenvalue weighted by atomic mass is 10.1. The number of nitriles is 1. The summed E-state index contributed by atoms with van der Waals surface area (Å²) in [5.41, 5.74) is 4.44. The topological polar surface area (TPSA) is 98.4 Å². The zero-order chi connectivity index (χ0) is 24.5. The normalized spacial score (nSPS) is 17.2. The second-order valence-corrected chi connectivity index (χ2v) is 9.30. The van der Waals surface area contributed by atoms with Gasteiger partial charge in [0.15, 0.2) is 0 Å². The third-order valence-electron chi connectivity index (χ3n) is 6.74. The molecule has 1 fully saturated rings. The Kier molecular flexibility index (Phi) is 6.05. The summed E-state index contributed by atoms with van der Waals surface area (Å²) in [5, 5.41) is 17.2. The maximum Gasteiger partial charge on any atom is 0.232 e. The van der Waals surface area contributed by atoms with Crippen LogP contribution in [0.5, 0.6) is 0 Å². The number of rotatable bonds is 6. The van der Waals surface area contributed by atoms with Crippen molar-refractivity contribution >= 4 is 23.2 Å². The number of amides is 2. The van der Waals surface area contributed by atoms with E-state index < -0.39 is 5.92 Å². The van der Waals surface area contributed by atoms with Crippen molar-refractivity contribution in [2.75, 3.05) is 29.9 Å². The van der Waals surface area contributed by atoms with Crippen molar-refractivity contribution in [1.29, 1.82) is 5.26 Å². The van der Waals surface area contributed by atoms with Crippen LogP contribution in [0, 0.1) is 17.2 Å². The van der Waals surface area contributed by atoms with E-state index in [0.29, 0.717) is 30.9 Å². The average Bonchev–Trinajstić information content (AvgIpc) is 3.57. The Balaban J connectivity index is 1.25. The number of carbonyl (C=O) groups excluding carboxylic acids is 2. The van der Waals surface area contributed by atoms with Gasteiger partial charge in [-0.2, -0.15) is 5.26 Å². The van der Waals surface area contributed by atoms with Crippen molar-refractivity contribution in [3.05, 3.63) is 71.3 Å². The largest absolute Gasteiger partial charge is 0.320 e. The highest BCUT2D eigenvalue weighted by atomic mass is 16.2. The lowest BCUT2D eigenvalue weighted by Crippen LogP contribution is -2.36. The lowest BCUT2D eigenvalue weighted by molar-refractivity contribution is -0.124. The number of aryl methyl sites for hydroxylation is 1. The summed E-state index contributed by atoms with van der Waals surface area (Å²) in [6.45, 7) is 2.42. The van der Waals surface area contributed by atoms with Gasteiger partial charge in [-0.1, -0.05) is 18.2 Å². The van der Waals surface area contributed by atoms with Crippen molar-refractivity contribution in [2.24, 2.45) is 13.0 Å². The Labute approximate surface area is 204 Å². The van der Waals surface area contributed by atoms with E-state index in [0.717, 1.165) is 30.0 Å². The fourth-order valence-electron chi connectivity index (χ4n) is 4.93. The van der Waals surface area contributed by atoms with Gasteiger partial charge in [0.1, 0.15) is 12.2 Å². The van der Waals surface area contributed by atoms with E-state index in [1.54, 1.807) is 35.5 Å². The number of fused-ring (bicyclic) bond motifs is 1. The van der Waals surface area contributed by atoms with Crippen LogP contribution in [0.4, 0.5) is 11.4 Å². The molecule has 2 amide bonds. The summed E-state index contributed by atoms with van der Waals surface area (Å²) in [4.78, 5) is 31.7. The van der Waals surface area contributed by atoms with Gasteiger partial charge in [-0.05, 0) is 48.9 Å². The summed E-state index contributed by atoms with van der Waals surface area (Å²) in [5.74, 6) is 0.420. The van der Waals surface area contributed by atoms with Gasteiger partial charge in [0.2, 0.25) is 11.8 Å². The molecule has 1 atom stereocenters. The summed E-state index contributed by atoms with van der Waals surface area (Å²) in [6, 6.07) is 15.3. The molecule has 0 saturated carbocycles. The minimum atomic E-state index is -0.392. The first-order valence-corrected chi connectivity index (χ1v) is 11.7. The molecule has 0 aliphatic carbocycles. The number of carbonyl (C=O) groups is 2. The Hall–Kier alpha value is -4.03. The molecule has 0 N–H and O–H groups in total. The average molecular weight is 470 g/mol. The molecule has 0 bridgehead atoms. The zero-order valence-corrected chi connectivity index (χ0v) is 19.9. The Morgan fingerprint density at radius 2 is 2.09 bits per heavy atom. The van der Waals surface area contributed by atoms with E-state index in [1.165, 1.54) is 5.56 Å². The van der Waals surface area contributed by atoms with Crippen LogP contribution in [-0.2, 0) is 36.1 Å². The molecule has 0 spiro atoms. The van der Waals surface area contributed by atoms with E-state index in [-0.39, 0.29) is 18.2 Å². The minimum Gasteiger partial charge on any atom is -0.320 e. The maximum absolute atomic E-state index is 13.4. The van der Waals surface area contributed by atoms with E-state index in [4.69, 9.17) is 5.26 Å². The van der Waals surface area contributed by atoms with E-state index >= 15 is 0 Å². The summed E-state index contributed by atoms with van der Waals surface area (Å²) >= 11 is 0. The third-order valence-corrected chi connectivity index (χ3v) is 6.74. The Bertz CT molecular complexity index is 1330. The van der Waals surface area contributed by atoms with Crippen LogP contribution in [0.25, 0.3) is 0 Å². The van der Waals surface area contributed by atoms with E-state index in [2.05, 4.69) is 33.3 Å². The van der Waals surface area contributed by atoms with Crippen LogP contribution in [0.2, 0.25) is 0 Å². The Morgan fingerprint density at radius 3 is 2.86 bits per heavy atom. The van der Waals surface area contributed by atoms with Crippen LogP contribution >= 0.6 is 0 Å². The summed E-state index contributed by atoms with van der Waals surface area (Å²) < 4.78 is 1.91. The highest BCUT2D eigenvalue weighted by Gasteiger charge is 2.39. The van der Waals surface area contributed by atoms with Crippen LogP contribution in [0.15, 0.2) is 48.8 Å². The molecule has 3 aromatic rings. The number of aromatic nitrogens is 3. The molecule has 35 heavy (non-hydrogen) atoms. The number of anilines is 2. The second-order valence-electron chi connectivity index (χ2n) is 9.30. The monoisotopic (exact) mass is 469 g/mol. The molecular formula is C26H27N7O2. The molecule has 1 saturated heterocycles. The fraction of sp³-hybridized carbons (Fsp3) is 0.346. The van der Waals surface area contributed by atoms with Gasteiger partial charge in [0.05, 0.1) is 24.1 Å². The molecule has 5 rings (SSSR count). The molecule has 3 heterocycles. The molecule has 9 heteroatoms. The first kappa shape index (κ1) is 22.7. The van der Waals surface area contributed by atoms with Crippen LogP contribution in [-0.4, -0.2) is 51.6 Å². The van der Waals surface area contributed by atoms with Gasteiger partial charge >= 0.3 is 0 Å². The molecule has 2 aliphatic heterocycles. The quantitative estimate of drug-likeness (QED) is 0.549. The summed E-state index contributed by atoms with van der Waals surface area (Å²) in [6.07, 6.45) is 2.69. The van der Waals surface area contributed by atoms with Crippen molar-refractivity contribution in [2.45, 2.75) is 25.9 Å². The highest BCUT2D eigenvalue weighted by molar-refractivity contribution is 6.05. The van der Waals surface area contributed by atoms with Crippen molar-refractivity contribution in [1.82, 2.24) is 19.7 Å². The molecule has 2 aromatic carbocycles. The van der Waals surface area contributed by atoms with Gasteiger partial charge in [-0.25, -0.2) is 0 Å². The van der Waals surface area contributed by atoms with Crippen molar-refractivity contribution < 1.29 is 9.59 Å². The van der Waals surface area contributed by atoms with E-state index in [1.807, 2.05) is 29.6 Å². The van der Waals surface area contributed by atoms with Gasteiger partial charge < -0.3 is 14.4 Å². The van der Waals surface area contributed by atoms with Crippen LogP contribution < -0.4 is 9.80 Å². The second kappa shape index (κ2) is 9.31. The molecule has 0 radical (unpaired) electrons. The van der Waals surface area contributed by atoms with Crippen molar-refractivity contribution in [3.8, 4) is 6.07 Å². The SMILES string of the molecule is CN(Cc1ccc2c(c1)CCN2C(=O)C1CC(=O)N(c2cccc(C#N)c2)C1)Cc1nncn1C. The predicted molar refractivity (Wildman–Crippen MR) is 130 cm³/mol. The molecule has 2 aliphatic rings. The lowest BCUT2D eigenvalue weighted by Gasteiger charge is -2.22. The summed E-state index contributed by atoms with van der Waals surface area (Å²) in [7, 11) is 3.98. The molecule has 1 unspecified atom stereocenters. The number of hydrogen-bond donors (Lipinski definition) is 0. The van der Waals surface area contributed by atoms with Crippen LogP contribution in [0.3, 0.4) is 0 Å². The van der Waals surface area contributed by atoms with E-state index in [9.17, 15) is 9.59 Å². The standard InChI is InChI=1S/C26H27N7O2/c1-30(16-24-29-28-17-31(24)2)14-19-6-7-23-20(10-19)8-9-32(23)26(35)21-12-25(34)33(15-21)22-5-3-4-18(11-22)13-27/h3-7,10-11,17,21H,8-9,12,14-16H2,1-2H3. The smallest absolute Gasteiger partial charge is 0.232 e. The van der Waals surface area contributed by atoms with Gasteiger partial charge in [-0.15, -0.1) is 10.2 Å². The minimum absolute atomic E-state index is 0.0109. The van der Waals surface area contributed by atoms with Crippen LogP contribution in [0.1, 0.15) is 28.9 Å². The maximum atomic E-state index is 13.4. The fourth-order valence-corrected chi connectivity index (χ4v) is 4.93. The molecular weight excluding hydrogens is 442 g/mol. The number of benzene rings is 2.